The molecule has 0 aromatic rings. The summed E-state index contributed by atoms with van der Waals surface area (Å²) in [7, 11) is 4.34. The van der Waals surface area contributed by atoms with Crippen LogP contribution in [0.3, 0.4) is 0 Å². The highest BCUT2D eigenvalue weighted by Gasteiger charge is 2.14. The second kappa shape index (κ2) is 46.5. The van der Waals surface area contributed by atoms with E-state index in [0.717, 1.165) is 45.4 Å². The molecular formula is C53H106N2O4. The van der Waals surface area contributed by atoms with Crippen LogP contribution >= 0.6 is 0 Å². The normalized spacial score (nSPS) is 12.8. The summed E-state index contributed by atoms with van der Waals surface area (Å²) in [6, 6.07) is 0. The SMILES string of the molecule is CCCCCCCCC(CCCCCC)COCC(=O)CCCCCCCN(CCCCCCCC(=O)OCC(CCCCCC)CCCCCCCC)CCN(C)C. The van der Waals surface area contributed by atoms with E-state index in [0.29, 0.717) is 43.7 Å². The quantitative estimate of drug-likeness (QED) is 0.0449. The molecule has 0 heterocycles. The topological polar surface area (TPSA) is 59.1 Å². The van der Waals surface area contributed by atoms with Gasteiger partial charge < -0.3 is 19.3 Å². The fourth-order valence-electron chi connectivity index (χ4n) is 8.46. The van der Waals surface area contributed by atoms with Crippen molar-refractivity contribution < 1.29 is 19.1 Å². The number of ether oxygens (including phenoxy) is 2. The van der Waals surface area contributed by atoms with E-state index in [1.807, 2.05) is 0 Å². The van der Waals surface area contributed by atoms with E-state index in [9.17, 15) is 9.59 Å². The van der Waals surface area contributed by atoms with Crippen molar-refractivity contribution in [1.82, 2.24) is 9.80 Å². The maximum absolute atomic E-state index is 12.6. The molecule has 0 saturated heterocycles. The molecule has 0 aliphatic heterocycles. The molecule has 2 unspecified atom stereocenters. The van der Waals surface area contributed by atoms with E-state index in [-0.39, 0.29) is 5.97 Å². The Morgan fingerprint density at radius 3 is 1.24 bits per heavy atom. The Kier molecular flexibility index (Phi) is 45.7. The van der Waals surface area contributed by atoms with E-state index in [4.69, 9.17) is 9.47 Å². The third-order valence-electron chi connectivity index (χ3n) is 12.6. The molecule has 352 valence electrons. The molecule has 0 N–H and O–H groups in total. The van der Waals surface area contributed by atoms with Crippen molar-refractivity contribution in [1.29, 1.82) is 0 Å². The van der Waals surface area contributed by atoms with Gasteiger partial charge in [-0.05, 0) is 90.4 Å². The van der Waals surface area contributed by atoms with Crippen LogP contribution in [0.2, 0.25) is 0 Å². The predicted octanol–water partition coefficient (Wildman–Crippen LogP) is 15.3. The van der Waals surface area contributed by atoms with Gasteiger partial charge in [0.1, 0.15) is 6.61 Å². The summed E-state index contributed by atoms with van der Waals surface area (Å²) in [5, 5.41) is 0. The summed E-state index contributed by atoms with van der Waals surface area (Å²) in [4.78, 5) is 30.1. The van der Waals surface area contributed by atoms with Crippen molar-refractivity contribution in [2.75, 3.05) is 60.1 Å². The largest absolute Gasteiger partial charge is 0.465 e. The van der Waals surface area contributed by atoms with Gasteiger partial charge in [-0.3, -0.25) is 9.59 Å². The molecule has 59 heavy (non-hydrogen) atoms. The molecule has 0 radical (unpaired) electrons. The van der Waals surface area contributed by atoms with Crippen LogP contribution in [0.25, 0.3) is 0 Å². The summed E-state index contributed by atoms with van der Waals surface area (Å²) in [5.41, 5.74) is 0. The van der Waals surface area contributed by atoms with Gasteiger partial charge in [0.2, 0.25) is 0 Å². The molecule has 0 fully saturated rings. The number of ketones is 1. The van der Waals surface area contributed by atoms with Gasteiger partial charge in [-0.1, -0.05) is 195 Å². The highest BCUT2D eigenvalue weighted by atomic mass is 16.5. The molecule has 0 bridgehead atoms. The van der Waals surface area contributed by atoms with Crippen LogP contribution in [0, 0.1) is 11.8 Å². The van der Waals surface area contributed by atoms with Crippen molar-refractivity contribution >= 4 is 11.8 Å². The predicted molar refractivity (Wildman–Crippen MR) is 258 cm³/mol. The van der Waals surface area contributed by atoms with Crippen LogP contribution in [0.4, 0.5) is 0 Å². The van der Waals surface area contributed by atoms with Crippen molar-refractivity contribution in [2.24, 2.45) is 11.8 Å². The molecule has 0 rings (SSSR count). The number of esters is 1. The Morgan fingerprint density at radius 2 is 0.780 bits per heavy atom. The minimum Gasteiger partial charge on any atom is -0.465 e. The molecule has 0 aromatic carbocycles. The third kappa shape index (κ3) is 43.5. The summed E-state index contributed by atoms with van der Waals surface area (Å²) in [6.07, 6.45) is 44.3. The van der Waals surface area contributed by atoms with Crippen LogP contribution in [0.15, 0.2) is 0 Å². The standard InChI is InChI=1S/C53H106N2O4/c1-7-11-15-19-23-31-38-50(37-29-17-13-9-3)47-58-49-52(56)41-33-25-21-27-35-43-55(46-45-54(5)6)44-36-28-22-26-34-42-53(57)59-48-51(39-30-18-14-10-4)40-32-24-20-16-12-8-2/h50-51H,7-49H2,1-6H3. The van der Waals surface area contributed by atoms with Gasteiger partial charge >= 0.3 is 5.97 Å². The van der Waals surface area contributed by atoms with Crippen molar-refractivity contribution in [3.63, 3.8) is 0 Å². The van der Waals surface area contributed by atoms with Gasteiger partial charge in [-0.15, -0.1) is 0 Å². The Labute approximate surface area is 370 Å². The number of unbranched alkanes of at least 4 members (excludes halogenated alkanes) is 24. The Morgan fingerprint density at radius 1 is 0.407 bits per heavy atom. The Hall–Kier alpha value is -0.980. The van der Waals surface area contributed by atoms with Crippen LogP contribution in [0.1, 0.15) is 259 Å². The second-order valence-electron chi connectivity index (χ2n) is 19.0. The average molecular weight is 835 g/mol. The lowest BCUT2D eigenvalue weighted by Gasteiger charge is -2.24. The molecule has 2 atom stereocenters. The Bertz CT molecular complexity index is 866. The maximum Gasteiger partial charge on any atom is 0.305 e. The van der Waals surface area contributed by atoms with E-state index in [1.54, 1.807) is 0 Å². The Balaban J connectivity index is 4.20. The van der Waals surface area contributed by atoms with E-state index < -0.39 is 0 Å². The fraction of sp³-hybridized carbons (Fsp3) is 0.962. The average Bonchev–Trinajstić information content (AvgIpc) is 3.22. The van der Waals surface area contributed by atoms with Crippen LogP contribution < -0.4 is 0 Å². The second-order valence-corrected chi connectivity index (χ2v) is 19.0. The summed E-state index contributed by atoms with van der Waals surface area (Å²) >= 11 is 0. The van der Waals surface area contributed by atoms with Crippen LogP contribution in [-0.2, 0) is 19.1 Å². The number of nitrogens with zero attached hydrogens (tertiary/aromatic N) is 2. The first kappa shape index (κ1) is 58.0. The van der Waals surface area contributed by atoms with Gasteiger partial charge in [0.25, 0.3) is 0 Å². The molecule has 6 nitrogen and oxygen atoms in total. The molecule has 0 spiro atoms. The first-order chi connectivity index (χ1) is 28.9. The van der Waals surface area contributed by atoms with Crippen LogP contribution in [-0.4, -0.2) is 81.6 Å². The lowest BCUT2D eigenvalue weighted by Crippen LogP contribution is -2.33. The molecular weight excluding hydrogens is 729 g/mol. The van der Waals surface area contributed by atoms with Gasteiger partial charge in [-0.2, -0.15) is 0 Å². The minimum atomic E-state index is 0.0211. The summed E-state index contributed by atoms with van der Waals surface area (Å²) in [5.74, 6) is 1.48. The molecule has 0 aliphatic rings. The van der Waals surface area contributed by atoms with E-state index >= 15 is 0 Å². The summed E-state index contributed by atoms with van der Waals surface area (Å²) in [6.45, 7) is 15.4. The van der Waals surface area contributed by atoms with Crippen LogP contribution in [0.5, 0.6) is 0 Å². The first-order valence-electron chi connectivity index (χ1n) is 26.5. The van der Waals surface area contributed by atoms with Crippen molar-refractivity contribution in [2.45, 2.75) is 259 Å². The zero-order valence-electron chi connectivity index (χ0n) is 41.1. The minimum absolute atomic E-state index is 0.0211. The van der Waals surface area contributed by atoms with Gasteiger partial charge in [-0.25, -0.2) is 0 Å². The number of Topliss-reactive ketones (excluding diaryl/α,β-unsaturated/α-hetero) is 1. The zero-order valence-corrected chi connectivity index (χ0v) is 41.1. The number of hydrogen-bond donors (Lipinski definition) is 0. The number of rotatable bonds is 49. The van der Waals surface area contributed by atoms with Crippen molar-refractivity contribution in [3.8, 4) is 0 Å². The van der Waals surface area contributed by atoms with E-state index in [2.05, 4.69) is 51.6 Å². The first-order valence-corrected chi connectivity index (χ1v) is 26.5. The molecule has 0 aromatic heterocycles. The van der Waals surface area contributed by atoms with Crippen molar-refractivity contribution in [3.05, 3.63) is 0 Å². The third-order valence-corrected chi connectivity index (χ3v) is 12.6. The fourth-order valence-corrected chi connectivity index (χ4v) is 8.46. The monoisotopic (exact) mass is 835 g/mol. The maximum atomic E-state index is 12.6. The number of hydrogen-bond acceptors (Lipinski definition) is 6. The smallest absolute Gasteiger partial charge is 0.305 e. The number of likely N-dealkylation sites (N-methyl/N-ethyl adjacent to an activating group) is 1. The zero-order chi connectivity index (χ0) is 43.3. The van der Waals surface area contributed by atoms with Gasteiger partial charge in [0.15, 0.2) is 5.78 Å². The number of carbonyl (C=O) groups is 2. The summed E-state index contributed by atoms with van der Waals surface area (Å²) < 4.78 is 11.8. The molecule has 0 aliphatic carbocycles. The lowest BCUT2D eigenvalue weighted by atomic mass is 9.95. The molecule has 0 saturated carbocycles. The highest BCUT2D eigenvalue weighted by Crippen LogP contribution is 2.21. The molecule has 0 amide bonds. The molecule has 6 heteroatoms. The highest BCUT2D eigenvalue weighted by molar-refractivity contribution is 5.79. The van der Waals surface area contributed by atoms with Gasteiger partial charge in [0, 0.05) is 32.5 Å². The number of carbonyl (C=O) groups excluding carboxylic acids is 2. The van der Waals surface area contributed by atoms with Gasteiger partial charge in [0.05, 0.1) is 6.61 Å². The lowest BCUT2D eigenvalue weighted by molar-refractivity contribution is -0.145. The van der Waals surface area contributed by atoms with E-state index in [1.165, 1.54) is 206 Å².